The van der Waals surface area contributed by atoms with Gasteiger partial charge in [0.1, 0.15) is 0 Å². The van der Waals surface area contributed by atoms with Crippen LogP contribution in [0.1, 0.15) is 46.0 Å². The van der Waals surface area contributed by atoms with Gasteiger partial charge in [-0.3, -0.25) is 4.90 Å². The Balaban J connectivity index is 2.46. The van der Waals surface area contributed by atoms with Crippen molar-refractivity contribution in [1.29, 1.82) is 0 Å². The summed E-state index contributed by atoms with van der Waals surface area (Å²) >= 11 is 0. The van der Waals surface area contributed by atoms with Gasteiger partial charge in [0.2, 0.25) is 0 Å². The van der Waals surface area contributed by atoms with Crippen molar-refractivity contribution in [3.05, 3.63) is 0 Å². The number of ether oxygens (including phenoxy) is 1. The van der Waals surface area contributed by atoms with Crippen LogP contribution in [0.25, 0.3) is 0 Å². The summed E-state index contributed by atoms with van der Waals surface area (Å²) in [6.45, 7) is 7.22. The minimum atomic E-state index is 0.0740. The third kappa shape index (κ3) is 4.84. The molecular weight excluding hydrogens is 228 g/mol. The van der Waals surface area contributed by atoms with E-state index in [0.29, 0.717) is 6.10 Å². The molecule has 0 bridgehead atoms. The van der Waals surface area contributed by atoms with Crippen molar-refractivity contribution in [1.82, 2.24) is 4.90 Å². The number of nitrogens with zero attached hydrogens (tertiary/aromatic N) is 1. The van der Waals surface area contributed by atoms with E-state index in [1.807, 2.05) is 0 Å². The Morgan fingerprint density at radius 3 is 2.78 bits per heavy atom. The fourth-order valence-electron chi connectivity index (χ4n) is 2.74. The summed E-state index contributed by atoms with van der Waals surface area (Å²) in [4.78, 5) is 2.32. The van der Waals surface area contributed by atoms with Crippen molar-refractivity contribution >= 4 is 0 Å². The number of likely N-dealkylation sites (tertiary alicyclic amines) is 1. The minimum Gasteiger partial charge on any atom is -0.395 e. The SMILES string of the molecule is CCCOC1CCCN(C(CO)C(N)CCC)C1. The second-order valence-corrected chi connectivity index (χ2v) is 5.33. The smallest absolute Gasteiger partial charge is 0.0702 e. The lowest BCUT2D eigenvalue weighted by molar-refractivity contribution is -0.0246. The molecule has 0 aromatic rings. The Morgan fingerprint density at radius 1 is 1.39 bits per heavy atom. The molecule has 1 heterocycles. The van der Waals surface area contributed by atoms with Crippen molar-refractivity contribution in [3.8, 4) is 0 Å². The number of aliphatic hydroxyl groups is 1. The van der Waals surface area contributed by atoms with Crippen LogP contribution in [0.2, 0.25) is 0 Å². The standard InChI is InChI=1S/C14H30N2O2/c1-3-6-13(15)14(11-17)16-8-5-7-12(10-16)18-9-4-2/h12-14,17H,3-11,15H2,1-2H3. The van der Waals surface area contributed by atoms with Crippen LogP contribution in [0.15, 0.2) is 0 Å². The Bertz CT molecular complexity index is 214. The van der Waals surface area contributed by atoms with Gasteiger partial charge in [-0.1, -0.05) is 20.3 Å². The highest BCUT2D eigenvalue weighted by Crippen LogP contribution is 2.18. The predicted octanol–water partition coefficient (Wildman–Crippen LogP) is 1.37. The molecule has 3 unspecified atom stereocenters. The number of rotatable bonds is 8. The molecule has 3 atom stereocenters. The van der Waals surface area contributed by atoms with Crippen LogP contribution in [0.4, 0.5) is 0 Å². The van der Waals surface area contributed by atoms with Crippen molar-refractivity contribution in [3.63, 3.8) is 0 Å². The summed E-state index contributed by atoms with van der Waals surface area (Å²) < 4.78 is 5.83. The Hall–Kier alpha value is -0.160. The molecule has 0 spiro atoms. The quantitative estimate of drug-likeness (QED) is 0.690. The van der Waals surface area contributed by atoms with Crippen molar-refractivity contribution in [2.24, 2.45) is 5.73 Å². The number of hydrogen-bond donors (Lipinski definition) is 2. The molecule has 4 nitrogen and oxygen atoms in total. The molecular formula is C14H30N2O2. The monoisotopic (exact) mass is 258 g/mol. The molecule has 0 amide bonds. The van der Waals surface area contributed by atoms with Gasteiger partial charge in [0.15, 0.2) is 0 Å². The van der Waals surface area contributed by atoms with Crippen LogP contribution in [0.3, 0.4) is 0 Å². The molecule has 1 aliphatic rings. The molecule has 0 saturated carbocycles. The average molecular weight is 258 g/mol. The first-order chi connectivity index (χ1) is 8.72. The zero-order chi connectivity index (χ0) is 13.4. The summed E-state index contributed by atoms with van der Waals surface area (Å²) in [5, 5.41) is 9.58. The minimum absolute atomic E-state index is 0.0740. The topological polar surface area (TPSA) is 58.7 Å². The zero-order valence-electron chi connectivity index (χ0n) is 12.0. The fourth-order valence-corrected chi connectivity index (χ4v) is 2.74. The van der Waals surface area contributed by atoms with Crippen molar-refractivity contribution in [2.75, 3.05) is 26.3 Å². The lowest BCUT2D eigenvalue weighted by atomic mass is 9.99. The van der Waals surface area contributed by atoms with E-state index >= 15 is 0 Å². The maximum Gasteiger partial charge on any atom is 0.0702 e. The summed E-state index contributed by atoms with van der Waals surface area (Å²) in [6.07, 6.45) is 5.71. The largest absolute Gasteiger partial charge is 0.395 e. The molecule has 0 radical (unpaired) electrons. The second-order valence-electron chi connectivity index (χ2n) is 5.33. The number of hydrogen-bond acceptors (Lipinski definition) is 4. The first kappa shape index (κ1) is 15.9. The Labute approximate surface area is 111 Å². The Kier molecular flexibility index (Phi) is 7.82. The molecule has 3 N–H and O–H groups in total. The molecule has 1 rings (SSSR count). The molecule has 18 heavy (non-hydrogen) atoms. The average Bonchev–Trinajstić information content (AvgIpc) is 2.38. The van der Waals surface area contributed by atoms with Gasteiger partial charge in [0, 0.05) is 25.2 Å². The second kappa shape index (κ2) is 8.86. The van der Waals surface area contributed by atoms with E-state index in [0.717, 1.165) is 51.8 Å². The lowest BCUT2D eigenvalue weighted by Gasteiger charge is -2.39. The van der Waals surface area contributed by atoms with Gasteiger partial charge < -0.3 is 15.6 Å². The fraction of sp³-hybridized carbons (Fsp3) is 1.00. The van der Waals surface area contributed by atoms with Gasteiger partial charge in [-0.15, -0.1) is 0 Å². The molecule has 0 aromatic heterocycles. The number of piperidine rings is 1. The van der Waals surface area contributed by atoms with Gasteiger partial charge in [-0.25, -0.2) is 0 Å². The highest BCUT2D eigenvalue weighted by molar-refractivity contribution is 4.85. The molecule has 1 saturated heterocycles. The van der Waals surface area contributed by atoms with Crippen LogP contribution < -0.4 is 5.73 Å². The summed E-state index contributed by atoms with van der Waals surface area (Å²) in [5.74, 6) is 0. The summed E-state index contributed by atoms with van der Waals surface area (Å²) in [5.41, 5.74) is 6.17. The molecule has 108 valence electrons. The van der Waals surface area contributed by atoms with Crippen molar-refractivity contribution < 1.29 is 9.84 Å². The van der Waals surface area contributed by atoms with Gasteiger partial charge >= 0.3 is 0 Å². The van der Waals surface area contributed by atoms with E-state index in [1.165, 1.54) is 0 Å². The third-order valence-corrected chi connectivity index (χ3v) is 3.74. The highest BCUT2D eigenvalue weighted by atomic mass is 16.5. The van der Waals surface area contributed by atoms with Crippen molar-refractivity contribution in [2.45, 2.75) is 64.1 Å². The third-order valence-electron chi connectivity index (χ3n) is 3.74. The molecule has 0 aromatic carbocycles. The molecule has 1 fully saturated rings. The van der Waals surface area contributed by atoms with Crippen LogP contribution in [-0.2, 0) is 4.74 Å². The van der Waals surface area contributed by atoms with Crippen LogP contribution in [0.5, 0.6) is 0 Å². The Morgan fingerprint density at radius 2 is 2.17 bits per heavy atom. The first-order valence-electron chi connectivity index (χ1n) is 7.45. The first-order valence-corrected chi connectivity index (χ1v) is 7.45. The van der Waals surface area contributed by atoms with E-state index in [4.69, 9.17) is 10.5 Å². The van der Waals surface area contributed by atoms with E-state index in [1.54, 1.807) is 0 Å². The van der Waals surface area contributed by atoms with Gasteiger partial charge in [0.25, 0.3) is 0 Å². The highest BCUT2D eigenvalue weighted by Gasteiger charge is 2.29. The van der Waals surface area contributed by atoms with E-state index in [2.05, 4.69) is 18.7 Å². The van der Waals surface area contributed by atoms with Crippen LogP contribution >= 0.6 is 0 Å². The van der Waals surface area contributed by atoms with Crippen LogP contribution in [-0.4, -0.2) is 54.5 Å². The van der Waals surface area contributed by atoms with Gasteiger partial charge in [-0.2, -0.15) is 0 Å². The maximum absolute atomic E-state index is 9.58. The van der Waals surface area contributed by atoms with E-state index < -0.39 is 0 Å². The van der Waals surface area contributed by atoms with Gasteiger partial charge in [-0.05, 0) is 32.2 Å². The van der Waals surface area contributed by atoms with Crippen LogP contribution in [0, 0.1) is 0 Å². The molecule has 4 heteroatoms. The number of nitrogens with two attached hydrogens (primary N) is 1. The van der Waals surface area contributed by atoms with E-state index in [9.17, 15) is 5.11 Å². The normalized spacial score (nSPS) is 25.0. The summed E-state index contributed by atoms with van der Waals surface area (Å²) in [7, 11) is 0. The molecule has 1 aliphatic heterocycles. The van der Waals surface area contributed by atoms with Gasteiger partial charge in [0.05, 0.1) is 12.7 Å². The zero-order valence-corrected chi connectivity index (χ0v) is 12.0. The maximum atomic E-state index is 9.58. The lowest BCUT2D eigenvalue weighted by Crippen LogP contribution is -2.54. The summed E-state index contributed by atoms with van der Waals surface area (Å²) in [6, 6.07) is 0.169. The number of aliphatic hydroxyl groups excluding tert-OH is 1. The molecule has 0 aliphatic carbocycles. The van der Waals surface area contributed by atoms with E-state index in [-0.39, 0.29) is 18.7 Å². The predicted molar refractivity (Wildman–Crippen MR) is 74.6 cm³/mol.